The van der Waals surface area contributed by atoms with Gasteiger partial charge in [-0.1, -0.05) is 48.2 Å². The maximum Gasteiger partial charge on any atom is 0.410 e. The van der Waals surface area contributed by atoms with Gasteiger partial charge in [0.25, 0.3) is 0 Å². The molecule has 0 spiro atoms. The SMILES string of the molecule is O=C(OCc1ccccc1)N1CC(Sc2ccccn2)C1. The molecule has 0 bridgehead atoms. The van der Waals surface area contributed by atoms with Crippen LogP contribution in [0.4, 0.5) is 4.79 Å². The first-order valence-electron chi connectivity index (χ1n) is 6.84. The van der Waals surface area contributed by atoms with Crippen LogP contribution in [0.15, 0.2) is 59.8 Å². The van der Waals surface area contributed by atoms with Gasteiger partial charge in [0.15, 0.2) is 0 Å². The zero-order chi connectivity index (χ0) is 14.5. The van der Waals surface area contributed by atoms with Gasteiger partial charge in [0.05, 0.1) is 5.03 Å². The molecule has 0 radical (unpaired) electrons. The van der Waals surface area contributed by atoms with Crippen LogP contribution in [0.1, 0.15) is 5.56 Å². The van der Waals surface area contributed by atoms with Crippen molar-refractivity contribution in [2.24, 2.45) is 0 Å². The van der Waals surface area contributed by atoms with Crippen molar-refractivity contribution < 1.29 is 9.53 Å². The Hall–Kier alpha value is -2.01. The number of ether oxygens (including phenoxy) is 1. The van der Waals surface area contributed by atoms with Crippen LogP contribution in [0.5, 0.6) is 0 Å². The number of thioether (sulfide) groups is 1. The smallest absolute Gasteiger partial charge is 0.410 e. The van der Waals surface area contributed by atoms with Crippen molar-refractivity contribution in [1.29, 1.82) is 0 Å². The Balaban J connectivity index is 1.40. The Bertz CT molecular complexity index is 586. The van der Waals surface area contributed by atoms with E-state index in [1.807, 2.05) is 48.5 Å². The maximum atomic E-state index is 11.9. The van der Waals surface area contributed by atoms with E-state index in [1.165, 1.54) is 0 Å². The monoisotopic (exact) mass is 300 g/mol. The Morgan fingerprint density at radius 3 is 2.67 bits per heavy atom. The third kappa shape index (κ3) is 3.76. The highest BCUT2D eigenvalue weighted by Gasteiger charge is 2.32. The lowest BCUT2D eigenvalue weighted by Gasteiger charge is -2.37. The quantitative estimate of drug-likeness (QED) is 0.869. The number of aromatic nitrogens is 1. The Morgan fingerprint density at radius 1 is 1.19 bits per heavy atom. The Kier molecular flexibility index (Phi) is 4.40. The lowest BCUT2D eigenvalue weighted by molar-refractivity contribution is 0.0778. The van der Waals surface area contributed by atoms with Gasteiger partial charge in [-0.3, -0.25) is 0 Å². The van der Waals surface area contributed by atoms with E-state index in [2.05, 4.69) is 4.98 Å². The molecule has 1 fully saturated rings. The van der Waals surface area contributed by atoms with Crippen LogP contribution in [-0.4, -0.2) is 34.3 Å². The molecule has 0 N–H and O–H groups in total. The lowest BCUT2D eigenvalue weighted by Crippen LogP contribution is -2.52. The highest BCUT2D eigenvalue weighted by Crippen LogP contribution is 2.28. The van der Waals surface area contributed by atoms with Crippen LogP contribution in [-0.2, 0) is 11.3 Å². The first kappa shape index (κ1) is 13.9. The van der Waals surface area contributed by atoms with Gasteiger partial charge in [-0.15, -0.1) is 0 Å². The summed E-state index contributed by atoms with van der Waals surface area (Å²) in [7, 11) is 0. The number of carbonyl (C=O) groups is 1. The predicted octanol–water partition coefficient (Wildman–Crippen LogP) is 3.19. The number of benzene rings is 1. The van der Waals surface area contributed by atoms with E-state index in [-0.39, 0.29) is 6.09 Å². The molecule has 1 saturated heterocycles. The molecule has 2 aromatic rings. The summed E-state index contributed by atoms with van der Waals surface area (Å²) in [5.41, 5.74) is 1.01. The van der Waals surface area contributed by atoms with Crippen LogP contribution in [0, 0.1) is 0 Å². The van der Waals surface area contributed by atoms with Crippen molar-refractivity contribution in [2.75, 3.05) is 13.1 Å². The molecule has 1 amide bonds. The van der Waals surface area contributed by atoms with Gasteiger partial charge in [0.2, 0.25) is 0 Å². The van der Waals surface area contributed by atoms with Crippen molar-refractivity contribution >= 4 is 17.9 Å². The second kappa shape index (κ2) is 6.63. The van der Waals surface area contributed by atoms with Crippen molar-refractivity contribution in [3.63, 3.8) is 0 Å². The molecule has 1 aromatic carbocycles. The highest BCUT2D eigenvalue weighted by molar-refractivity contribution is 8.00. The first-order chi connectivity index (χ1) is 10.3. The number of likely N-dealkylation sites (tertiary alicyclic amines) is 1. The van der Waals surface area contributed by atoms with Gasteiger partial charge < -0.3 is 9.64 Å². The maximum absolute atomic E-state index is 11.9. The Labute approximate surface area is 128 Å². The third-order valence-electron chi connectivity index (χ3n) is 3.24. The fourth-order valence-corrected chi connectivity index (χ4v) is 3.19. The number of hydrogen-bond acceptors (Lipinski definition) is 4. The normalized spacial score (nSPS) is 14.6. The third-order valence-corrected chi connectivity index (χ3v) is 4.35. The highest BCUT2D eigenvalue weighted by atomic mass is 32.2. The molecule has 0 saturated carbocycles. The molecule has 0 aliphatic carbocycles. The molecule has 1 aliphatic rings. The second-order valence-electron chi connectivity index (χ2n) is 4.85. The topological polar surface area (TPSA) is 42.4 Å². The van der Waals surface area contributed by atoms with Crippen LogP contribution >= 0.6 is 11.8 Å². The summed E-state index contributed by atoms with van der Waals surface area (Å²) >= 11 is 1.71. The number of carbonyl (C=O) groups excluding carboxylic acids is 1. The Morgan fingerprint density at radius 2 is 1.95 bits per heavy atom. The van der Waals surface area contributed by atoms with Crippen LogP contribution < -0.4 is 0 Å². The standard InChI is InChI=1S/C16H16N2O2S/c19-16(20-12-13-6-2-1-3-7-13)18-10-14(11-18)21-15-8-4-5-9-17-15/h1-9,14H,10-12H2. The summed E-state index contributed by atoms with van der Waals surface area (Å²) in [6.45, 7) is 1.76. The average Bonchev–Trinajstić information content (AvgIpc) is 2.50. The molecule has 3 rings (SSSR count). The summed E-state index contributed by atoms with van der Waals surface area (Å²) in [5, 5.41) is 1.41. The van der Waals surface area contributed by atoms with Crippen molar-refractivity contribution in [2.45, 2.75) is 16.9 Å². The van der Waals surface area contributed by atoms with Gasteiger partial charge in [0, 0.05) is 24.5 Å². The van der Waals surface area contributed by atoms with Crippen molar-refractivity contribution in [3.05, 3.63) is 60.3 Å². The lowest BCUT2D eigenvalue weighted by atomic mass is 10.2. The summed E-state index contributed by atoms with van der Waals surface area (Å²) in [6, 6.07) is 15.6. The largest absolute Gasteiger partial charge is 0.445 e. The fourth-order valence-electron chi connectivity index (χ4n) is 2.06. The molecule has 1 aromatic heterocycles. The first-order valence-corrected chi connectivity index (χ1v) is 7.72. The number of hydrogen-bond donors (Lipinski definition) is 0. The van der Waals surface area contributed by atoms with E-state index in [4.69, 9.17) is 4.74 Å². The summed E-state index contributed by atoms with van der Waals surface area (Å²) in [4.78, 5) is 17.9. The van der Waals surface area contributed by atoms with E-state index in [9.17, 15) is 4.79 Å². The molecule has 5 heteroatoms. The van der Waals surface area contributed by atoms with E-state index in [0.29, 0.717) is 11.9 Å². The van der Waals surface area contributed by atoms with E-state index < -0.39 is 0 Å². The number of amides is 1. The fraction of sp³-hybridized carbons (Fsp3) is 0.250. The van der Waals surface area contributed by atoms with Gasteiger partial charge in [-0.25, -0.2) is 9.78 Å². The molecule has 4 nitrogen and oxygen atoms in total. The van der Waals surface area contributed by atoms with Gasteiger partial charge in [-0.2, -0.15) is 0 Å². The molecule has 21 heavy (non-hydrogen) atoms. The molecule has 2 heterocycles. The average molecular weight is 300 g/mol. The summed E-state index contributed by atoms with van der Waals surface area (Å²) in [6.07, 6.45) is 1.55. The minimum absolute atomic E-state index is 0.239. The zero-order valence-electron chi connectivity index (χ0n) is 11.5. The van der Waals surface area contributed by atoms with Gasteiger partial charge in [0.1, 0.15) is 6.61 Å². The minimum atomic E-state index is -0.239. The second-order valence-corrected chi connectivity index (χ2v) is 6.17. The molecule has 0 unspecified atom stereocenters. The van der Waals surface area contributed by atoms with E-state index in [0.717, 1.165) is 23.7 Å². The number of rotatable bonds is 4. The summed E-state index contributed by atoms with van der Waals surface area (Å²) in [5.74, 6) is 0. The predicted molar refractivity (Wildman–Crippen MR) is 82.1 cm³/mol. The van der Waals surface area contributed by atoms with Crippen molar-refractivity contribution in [3.8, 4) is 0 Å². The van der Waals surface area contributed by atoms with E-state index >= 15 is 0 Å². The minimum Gasteiger partial charge on any atom is -0.445 e. The van der Waals surface area contributed by atoms with Crippen LogP contribution in [0.25, 0.3) is 0 Å². The van der Waals surface area contributed by atoms with Crippen LogP contribution in [0.2, 0.25) is 0 Å². The molecule has 1 aliphatic heterocycles. The molecular formula is C16H16N2O2S. The van der Waals surface area contributed by atoms with E-state index in [1.54, 1.807) is 22.9 Å². The van der Waals surface area contributed by atoms with Crippen molar-refractivity contribution in [1.82, 2.24) is 9.88 Å². The number of pyridine rings is 1. The van der Waals surface area contributed by atoms with Crippen LogP contribution in [0.3, 0.4) is 0 Å². The van der Waals surface area contributed by atoms with Gasteiger partial charge in [-0.05, 0) is 17.7 Å². The van der Waals surface area contributed by atoms with Gasteiger partial charge >= 0.3 is 6.09 Å². The number of nitrogens with zero attached hydrogens (tertiary/aromatic N) is 2. The molecule has 0 atom stereocenters. The molecule has 108 valence electrons. The molecular weight excluding hydrogens is 284 g/mol. The summed E-state index contributed by atoms with van der Waals surface area (Å²) < 4.78 is 5.29. The zero-order valence-corrected chi connectivity index (χ0v) is 12.3.